The van der Waals surface area contributed by atoms with Crippen LogP contribution in [0.2, 0.25) is 0 Å². The van der Waals surface area contributed by atoms with Crippen LogP contribution in [0.5, 0.6) is 0 Å². The van der Waals surface area contributed by atoms with Gasteiger partial charge in [-0.1, -0.05) is 20.8 Å². The molecule has 1 amide bonds. The SMILES string of the molecule is CCN(CC)C(=O)c1ccc(C(C)(C)C)o1. The van der Waals surface area contributed by atoms with Crippen molar-refractivity contribution >= 4 is 5.91 Å². The molecule has 0 saturated carbocycles. The molecule has 0 aliphatic rings. The molecule has 0 saturated heterocycles. The van der Waals surface area contributed by atoms with Gasteiger partial charge >= 0.3 is 0 Å². The van der Waals surface area contributed by atoms with Gasteiger partial charge in [0.1, 0.15) is 5.76 Å². The predicted octanol–water partition coefficient (Wildman–Crippen LogP) is 3.06. The zero-order valence-electron chi connectivity index (χ0n) is 10.8. The molecule has 0 N–H and O–H groups in total. The minimum absolute atomic E-state index is 0.0273. The van der Waals surface area contributed by atoms with Crippen molar-refractivity contribution in [3.63, 3.8) is 0 Å². The van der Waals surface area contributed by atoms with Crippen LogP contribution in [0, 0.1) is 0 Å². The van der Waals surface area contributed by atoms with E-state index in [1.165, 1.54) is 0 Å². The minimum atomic E-state index is -0.0538. The quantitative estimate of drug-likeness (QED) is 0.789. The zero-order valence-corrected chi connectivity index (χ0v) is 10.8. The first-order chi connectivity index (χ1) is 7.40. The Morgan fingerprint density at radius 2 is 1.81 bits per heavy atom. The highest BCUT2D eigenvalue weighted by Crippen LogP contribution is 2.24. The first kappa shape index (κ1) is 12.8. The van der Waals surface area contributed by atoms with Crippen molar-refractivity contribution in [2.24, 2.45) is 0 Å². The molecule has 0 aromatic carbocycles. The number of hydrogen-bond donors (Lipinski definition) is 0. The zero-order chi connectivity index (χ0) is 12.3. The summed E-state index contributed by atoms with van der Waals surface area (Å²) in [5.74, 6) is 1.26. The van der Waals surface area contributed by atoms with Crippen LogP contribution in [0.3, 0.4) is 0 Å². The lowest BCUT2D eigenvalue weighted by Gasteiger charge is -2.17. The lowest BCUT2D eigenvalue weighted by Crippen LogP contribution is -2.30. The predicted molar refractivity (Wildman–Crippen MR) is 64.7 cm³/mol. The van der Waals surface area contributed by atoms with Crippen molar-refractivity contribution < 1.29 is 9.21 Å². The van der Waals surface area contributed by atoms with Crippen LogP contribution in [0.1, 0.15) is 50.9 Å². The molecule has 1 aromatic rings. The van der Waals surface area contributed by atoms with Crippen LogP contribution in [0.25, 0.3) is 0 Å². The molecule has 90 valence electrons. The van der Waals surface area contributed by atoms with Crippen molar-refractivity contribution in [3.8, 4) is 0 Å². The van der Waals surface area contributed by atoms with Gasteiger partial charge in [0, 0.05) is 18.5 Å². The Bertz CT molecular complexity index is 356. The molecule has 16 heavy (non-hydrogen) atoms. The summed E-state index contributed by atoms with van der Waals surface area (Å²) < 4.78 is 5.60. The van der Waals surface area contributed by atoms with E-state index in [-0.39, 0.29) is 11.3 Å². The van der Waals surface area contributed by atoms with Crippen LogP contribution in [-0.2, 0) is 5.41 Å². The summed E-state index contributed by atoms with van der Waals surface area (Å²) in [6.07, 6.45) is 0. The number of rotatable bonds is 3. The van der Waals surface area contributed by atoms with Crippen LogP contribution in [0.4, 0.5) is 0 Å². The fourth-order valence-electron chi connectivity index (χ4n) is 1.52. The van der Waals surface area contributed by atoms with Gasteiger partial charge in [-0.15, -0.1) is 0 Å². The van der Waals surface area contributed by atoms with Crippen molar-refractivity contribution in [1.29, 1.82) is 0 Å². The third-order valence-electron chi connectivity index (χ3n) is 2.61. The Hall–Kier alpha value is -1.25. The Morgan fingerprint density at radius 1 is 1.25 bits per heavy atom. The Morgan fingerprint density at radius 3 is 2.19 bits per heavy atom. The maximum absolute atomic E-state index is 12.0. The second kappa shape index (κ2) is 4.73. The normalized spacial score (nSPS) is 11.6. The summed E-state index contributed by atoms with van der Waals surface area (Å²) >= 11 is 0. The Labute approximate surface area is 97.4 Å². The van der Waals surface area contributed by atoms with E-state index in [9.17, 15) is 4.79 Å². The molecule has 0 aliphatic carbocycles. The summed E-state index contributed by atoms with van der Waals surface area (Å²) in [4.78, 5) is 13.7. The molecule has 0 unspecified atom stereocenters. The van der Waals surface area contributed by atoms with Crippen molar-refractivity contribution in [3.05, 3.63) is 23.7 Å². The fraction of sp³-hybridized carbons (Fsp3) is 0.615. The molecule has 0 spiro atoms. The van der Waals surface area contributed by atoms with Gasteiger partial charge < -0.3 is 9.32 Å². The molecule has 3 heteroatoms. The molecule has 1 rings (SSSR count). The average Bonchev–Trinajstić information content (AvgIpc) is 2.67. The summed E-state index contributed by atoms with van der Waals surface area (Å²) in [7, 11) is 0. The van der Waals surface area contributed by atoms with E-state index >= 15 is 0 Å². The number of furan rings is 1. The van der Waals surface area contributed by atoms with Gasteiger partial charge in [0.25, 0.3) is 5.91 Å². The number of amides is 1. The third kappa shape index (κ3) is 2.65. The summed E-state index contributed by atoms with van der Waals surface area (Å²) in [6.45, 7) is 11.6. The van der Waals surface area contributed by atoms with E-state index in [0.29, 0.717) is 18.8 Å². The second-order valence-corrected chi connectivity index (χ2v) is 4.89. The average molecular weight is 223 g/mol. The van der Waals surface area contributed by atoms with Gasteiger partial charge in [-0.3, -0.25) is 4.79 Å². The van der Waals surface area contributed by atoms with Gasteiger partial charge in [-0.2, -0.15) is 0 Å². The Kier molecular flexibility index (Phi) is 3.79. The molecule has 1 heterocycles. The summed E-state index contributed by atoms with van der Waals surface area (Å²) in [5, 5.41) is 0. The van der Waals surface area contributed by atoms with E-state index in [1.807, 2.05) is 19.9 Å². The fourth-order valence-corrected chi connectivity index (χ4v) is 1.52. The molecular formula is C13H21NO2. The molecule has 0 aliphatic heterocycles. The van der Waals surface area contributed by atoms with Gasteiger partial charge in [-0.25, -0.2) is 0 Å². The lowest BCUT2D eigenvalue weighted by molar-refractivity contribution is 0.0737. The van der Waals surface area contributed by atoms with Crippen molar-refractivity contribution in [1.82, 2.24) is 4.90 Å². The maximum Gasteiger partial charge on any atom is 0.289 e. The number of hydrogen-bond acceptors (Lipinski definition) is 2. The summed E-state index contributed by atoms with van der Waals surface area (Å²) in [6, 6.07) is 3.65. The number of carbonyl (C=O) groups excluding carboxylic acids is 1. The van der Waals surface area contributed by atoms with Crippen molar-refractivity contribution in [2.45, 2.75) is 40.0 Å². The van der Waals surface area contributed by atoms with Gasteiger partial charge in [-0.05, 0) is 26.0 Å². The van der Waals surface area contributed by atoms with Crippen LogP contribution in [0.15, 0.2) is 16.5 Å². The molecule has 0 atom stereocenters. The number of nitrogens with zero attached hydrogens (tertiary/aromatic N) is 1. The first-order valence-corrected chi connectivity index (χ1v) is 5.79. The number of carbonyl (C=O) groups is 1. The van der Waals surface area contributed by atoms with E-state index in [1.54, 1.807) is 11.0 Å². The lowest BCUT2D eigenvalue weighted by atomic mass is 9.94. The van der Waals surface area contributed by atoms with Crippen molar-refractivity contribution in [2.75, 3.05) is 13.1 Å². The van der Waals surface area contributed by atoms with Gasteiger partial charge in [0.05, 0.1) is 0 Å². The highest BCUT2D eigenvalue weighted by molar-refractivity contribution is 5.91. The molecule has 0 fully saturated rings. The standard InChI is InChI=1S/C13H21NO2/c1-6-14(7-2)12(15)10-8-9-11(16-10)13(3,4)5/h8-9H,6-7H2,1-5H3. The van der Waals surface area contributed by atoms with Crippen LogP contribution in [-0.4, -0.2) is 23.9 Å². The van der Waals surface area contributed by atoms with E-state index in [4.69, 9.17) is 4.42 Å². The highest BCUT2D eigenvalue weighted by atomic mass is 16.4. The second-order valence-electron chi connectivity index (χ2n) is 4.89. The molecule has 1 aromatic heterocycles. The highest BCUT2D eigenvalue weighted by Gasteiger charge is 2.22. The van der Waals surface area contributed by atoms with Crippen LogP contribution >= 0.6 is 0 Å². The Balaban J connectivity index is 2.90. The third-order valence-corrected chi connectivity index (χ3v) is 2.61. The maximum atomic E-state index is 12.0. The largest absolute Gasteiger partial charge is 0.455 e. The van der Waals surface area contributed by atoms with Gasteiger partial charge in [0.15, 0.2) is 5.76 Å². The monoisotopic (exact) mass is 223 g/mol. The smallest absolute Gasteiger partial charge is 0.289 e. The molecular weight excluding hydrogens is 202 g/mol. The minimum Gasteiger partial charge on any atom is -0.455 e. The molecule has 0 bridgehead atoms. The van der Waals surface area contributed by atoms with Gasteiger partial charge in [0.2, 0.25) is 0 Å². The summed E-state index contributed by atoms with van der Waals surface area (Å²) in [5.41, 5.74) is -0.0538. The first-order valence-electron chi connectivity index (χ1n) is 5.79. The molecule has 0 radical (unpaired) electrons. The van der Waals surface area contributed by atoms with Crippen LogP contribution < -0.4 is 0 Å². The van der Waals surface area contributed by atoms with E-state index in [2.05, 4.69) is 20.8 Å². The molecule has 3 nitrogen and oxygen atoms in total. The van der Waals surface area contributed by atoms with E-state index < -0.39 is 0 Å². The topological polar surface area (TPSA) is 33.5 Å². The van der Waals surface area contributed by atoms with E-state index in [0.717, 1.165) is 5.76 Å².